The van der Waals surface area contributed by atoms with Gasteiger partial charge in [0.2, 0.25) is 12.7 Å². The van der Waals surface area contributed by atoms with Gasteiger partial charge in [-0.05, 0) is 36.6 Å². The standard InChI is InChI=1S/C22H22N2O5/c1-14-5-7-15(8-6-14)17-12-18(16-9-10-19-20(11-16)29-13-28-19)24(23-17)21(25)3-2-4-22(26)27/h5-11,18H,2-4,12-13H2,1H3,(H,26,27)/t18-/m0/s1. The lowest BCUT2D eigenvalue weighted by Crippen LogP contribution is -2.27. The molecule has 1 N–H and O–H groups in total. The number of aliphatic carboxylic acids is 1. The largest absolute Gasteiger partial charge is 0.481 e. The Morgan fingerprint density at radius 1 is 1.10 bits per heavy atom. The van der Waals surface area contributed by atoms with Crippen LogP contribution in [0.15, 0.2) is 47.6 Å². The van der Waals surface area contributed by atoms with Gasteiger partial charge in [0.15, 0.2) is 11.5 Å². The van der Waals surface area contributed by atoms with E-state index in [0.717, 1.165) is 22.4 Å². The van der Waals surface area contributed by atoms with Crippen molar-refractivity contribution in [2.24, 2.45) is 5.10 Å². The minimum atomic E-state index is -0.907. The fourth-order valence-corrected chi connectivity index (χ4v) is 3.55. The minimum absolute atomic E-state index is 0.0389. The number of hydrogen-bond donors (Lipinski definition) is 1. The summed E-state index contributed by atoms with van der Waals surface area (Å²) < 4.78 is 10.9. The van der Waals surface area contributed by atoms with Crippen LogP contribution in [-0.4, -0.2) is 34.5 Å². The second-order valence-corrected chi connectivity index (χ2v) is 7.23. The number of fused-ring (bicyclic) bond motifs is 1. The van der Waals surface area contributed by atoms with Crippen LogP contribution in [0.5, 0.6) is 11.5 Å². The molecule has 1 amide bonds. The molecule has 29 heavy (non-hydrogen) atoms. The summed E-state index contributed by atoms with van der Waals surface area (Å²) in [4.78, 5) is 23.6. The van der Waals surface area contributed by atoms with E-state index in [1.54, 1.807) is 0 Å². The first-order chi connectivity index (χ1) is 14.0. The van der Waals surface area contributed by atoms with Gasteiger partial charge in [-0.2, -0.15) is 5.10 Å². The SMILES string of the molecule is Cc1ccc(C2=NN(C(=O)CCCC(=O)O)[C@H](c3ccc4c(c3)OCO4)C2)cc1. The van der Waals surface area contributed by atoms with Crippen molar-refractivity contribution in [2.45, 2.75) is 38.6 Å². The van der Waals surface area contributed by atoms with E-state index in [0.29, 0.717) is 17.9 Å². The quantitative estimate of drug-likeness (QED) is 0.808. The highest BCUT2D eigenvalue weighted by atomic mass is 16.7. The Bertz CT molecular complexity index is 968. The van der Waals surface area contributed by atoms with Gasteiger partial charge < -0.3 is 14.6 Å². The number of ether oxygens (including phenoxy) is 2. The number of carboxylic acids is 1. The van der Waals surface area contributed by atoms with E-state index < -0.39 is 5.97 Å². The maximum absolute atomic E-state index is 12.8. The van der Waals surface area contributed by atoms with Crippen molar-refractivity contribution in [3.05, 3.63) is 59.2 Å². The summed E-state index contributed by atoms with van der Waals surface area (Å²) in [7, 11) is 0. The van der Waals surface area contributed by atoms with Gasteiger partial charge in [0.25, 0.3) is 0 Å². The Hall–Kier alpha value is -3.35. The van der Waals surface area contributed by atoms with E-state index in [9.17, 15) is 9.59 Å². The highest BCUT2D eigenvalue weighted by Gasteiger charge is 2.33. The van der Waals surface area contributed by atoms with Crippen molar-refractivity contribution in [1.29, 1.82) is 0 Å². The fourth-order valence-electron chi connectivity index (χ4n) is 3.55. The number of carbonyl (C=O) groups excluding carboxylic acids is 1. The third-order valence-electron chi connectivity index (χ3n) is 5.11. The van der Waals surface area contributed by atoms with Gasteiger partial charge in [-0.1, -0.05) is 35.9 Å². The predicted molar refractivity (Wildman–Crippen MR) is 106 cm³/mol. The van der Waals surface area contributed by atoms with E-state index in [1.807, 2.05) is 49.4 Å². The third kappa shape index (κ3) is 4.08. The third-order valence-corrected chi connectivity index (χ3v) is 5.11. The second kappa shape index (κ2) is 7.95. The molecule has 0 aromatic heterocycles. The van der Waals surface area contributed by atoms with Gasteiger partial charge in [-0.3, -0.25) is 9.59 Å². The van der Waals surface area contributed by atoms with E-state index in [2.05, 4.69) is 5.10 Å². The number of carbonyl (C=O) groups is 2. The Balaban J connectivity index is 1.60. The lowest BCUT2D eigenvalue weighted by molar-refractivity contribution is -0.137. The normalized spacial score (nSPS) is 17.3. The highest BCUT2D eigenvalue weighted by Crippen LogP contribution is 2.39. The number of rotatable bonds is 6. The van der Waals surface area contributed by atoms with Crippen LogP contribution >= 0.6 is 0 Å². The molecule has 0 bridgehead atoms. The Morgan fingerprint density at radius 2 is 1.86 bits per heavy atom. The highest BCUT2D eigenvalue weighted by molar-refractivity contribution is 6.03. The lowest BCUT2D eigenvalue weighted by atomic mass is 9.97. The summed E-state index contributed by atoms with van der Waals surface area (Å²) in [5.41, 5.74) is 3.87. The molecule has 2 aromatic rings. The predicted octanol–water partition coefficient (Wildman–Crippen LogP) is 3.66. The number of carboxylic acid groups (broad SMARTS) is 1. The summed E-state index contributed by atoms with van der Waals surface area (Å²) >= 11 is 0. The molecule has 4 rings (SSSR count). The van der Waals surface area contributed by atoms with Crippen LogP contribution in [-0.2, 0) is 9.59 Å². The van der Waals surface area contributed by atoms with Crippen LogP contribution in [0.3, 0.4) is 0 Å². The van der Waals surface area contributed by atoms with Crippen molar-refractivity contribution in [1.82, 2.24) is 5.01 Å². The maximum atomic E-state index is 12.8. The minimum Gasteiger partial charge on any atom is -0.481 e. The fraction of sp³-hybridized carbons (Fsp3) is 0.318. The Morgan fingerprint density at radius 3 is 2.62 bits per heavy atom. The van der Waals surface area contributed by atoms with Gasteiger partial charge in [0.1, 0.15) is 0 Å². The van der Waals surface area contributed by atoms with Crippen molar-refractivity contribution in [3.8, 4) is 11.5 Å². The van der Waals surface area contributed by atoms with E-state index in [-0.39, 0.29) is 38.0 Å². The molecular formula is C22H22N2O5. The molecule has 0 saturated heterocycles. The van der Waals surface area contributed by atoms with Crippen LogP contribution in [0.25, 0.3) is 0 Å². The maximum Gasteiger partial charge on any atom is 0.303 e. The zero-order chi connectivity index (χ0) is 20.4. The second-order valence-electron chi connectivity index (χ2n) is 7.23. The first-order valence-corrected chi connectivity index (χ1v) is 9.59. The Kier molecular flexibility index (Phi) is 5.20. The van der Waals surface area contributed by atoms with E-state index in [1.165, 1.54) is 5.01 Å². The van der Waals surface area contributed by atoms with Gasteiger partial charge in [0.05, 0.1) is 11.8 Å². The topological polar surface area (TPSA) is 88.4 Å². The number of hydrazone groups is 1. The van der Waals surface area contributed by atoms with Crippen LogP contribution in [0.2, 0.25) is 0 Å². The summed E-state index contributed by atoms with van der Waals surface area (Å²) in [6, 6.07) is 13.4. The summed E-state index contributed by atoms with van der Waals surface area (Å²) in [6.07, 6.45) is 0.960. The van der Waals surface area contributed by atoms with Crippen molar-refractivity contribution < 1.29 is 24.2 Å². The molecule has 0 saturated carbocycles. The molecule has 1 atom stereocenters. The monoisotopic (exact) mass is 394 g/mol. The van der Waals surface area contributed by atoms with Crippen LogP contribution in [0.1, 0.15) is 48.4 Å². The molecule has 2 aromatic carbocycles. The average Bonchev–Trinajstić information content (AvgIpc) is 3.34. The van der Waals surface area contributed by atoms with Crippen molar-refractivity contribution >= 4 is 17.6 Å². The van der Waals surface area contributed by atoms with E-state index in [4.69, 9.17) is 14.6 Å². The Labute approximate surface area is 168 Å². The number of benzene rings is 2. The van der Waals surface area contributed by atoms with Crippen molar-refractivity contribution in [2.75, 3.05) is 6.79 Å². The number of aryl methyl sites for hydroxylation is 1. The molecule has 0 fully saturated rings. The van der Waals surface area contributed by atoms with Gasteiger partial charge in [0, 0.05) is 19.3 Å². The molecule has 0 spiro atoms. The average molecular weight is 394 g/mol. The molecule has 150 valence electrons. The van der Waals surface area contributed by atoms with Crippen molar-refractivity contribution in [3.63, 3.8) is 0 Å². The summed E-state index contributed by atoms with van der Waals surface area (Å²) in [6.45, 7) is 2.21. The molecule has 7 nitrogen and oxygen atoms in total. The van der Waals surface area contributed by atoms with Gasteiger partial charge >= 0.3 is 5.97 Å². The molecule has 2 aliphatic heterocycles. The molecule has 2 aliphatic rings. The molecule has 7 heteroatoms. The van der Waals surface area contributed by atoms with Gasteiger partial charge in [-0.15, -0.1) is 0 Å². The number of hydrogen-bond acceptors (Lipinski definition) is 5. The first kappa shape index (κ1) is 19.0. The first-order valence-electron chi connectivity index (χ1n) is 9.59. The van der Waals surface area contributed by atoms with Crippen LogP contribution < -0.4 is 9.47 Å². The number of amides is 1. The van der Waals surface area contributed by atoms with Crippen LogP contribution in [0, 0.1) is 6.92 Å². The molecule has 0 radical (unpaired) electrons. The molecule has 0 unspecified atom stereocenters. The molecular weight excluding hydrogens is 372 g/mol. The lowest BCUT2D eigenvalue weighted by Gasteiger charge is -2.22. The molecule has 2 heterocycles. The molecule has 0 aliphatic carbocycles. The number of nitrogens with zero attached hydrogens (tertiary/aromatic N) is 2. The zero-order valence-corrected chi connectivity index (χ0v) is 16.1. The summed E-state index contributed by atoms with van der Waals surface area (Å²) in [5, 5.41) is 15.0. The van der Waals surface area contributed by atoms with E-state index >= 15 is 0 Å². The van der Waals surface area contributed by atoms with Gasteiger partial charge in [-0.25, -0.2) is 5.01 Å². The van der Waals surface area contributed by atoms with Crippen LogP contribution in [0.4, 0.5) is 0 Å². The zero-order valence-electron chi connectivity index (χ0n) is 16.1. The summed E-state index contributed by atoms with van der Waals surface area (Å²) in [5.74, 6) is 0.252. The smallest absolute Gasteiger partial charge is 0.303 e.